The second kappa shape index (κ2) is 8.47. The lowest BCUT2D eigenvalue weighted by Gasteiger charge is -2.32. The molecule has 0 saturated heterocycles. The summed E-state index contributed by atoms with van der Waals surface area (Å²) in [6.07, 6.45) is 1.56. The smallest absolute Gasteiger partial charge is 0.345 e. The number of aromatic nitrogens is 1. The summed E-state index contributed by atoms with van der Waals surface area (Å²) < 4.78 is 0. The van der Waals surface area contributed by atoms with Crippen molar-refractivity contribution in [2.45, 2.75) is 24.9 Å². The summed E-state index contributed by atoms with van der Waals surface area (Å²) in [6.45, 7) is 1.57. The number of rotatable bonds is 9. The van der Waals surface area contributed by atoms with Crippen LogP contribution in [0.4, 0.5) is 10.1 Å². The van der Waals surface area contributed by atoms with Crippen LogP contribution in [0.2, 0.25) is 0 Å². The van der Waals surface area contributed by atoms with Gasteiger partial charge in [-0.1, -0.05) is 30.3 Å². The number of hydrogen-bond donors (Lipinski definition) is 3. The molecule has 0 aliphatic carbocycles. The summed E-state index contributed by atoms with van der Waals surface area (Å²) in [7, 11) is 0. The van der Waals surface area contributed by atoms with Gasteiger partial charge in [0.2, 0.25) is 5.54 Å². The summed E-state index contributed by atoms with van der Waals surface area (Å²) >= 11 is 0.602. The number of aliphatic carboxylic acids is 1. The Morgan fingerprint density at radius 1 is 1.41 bits per heavy atom. The first kappa shape index (κ1) is 20.1. The number of nitrogens with one attached hydrogen (secondary N) is 2. The fraction of sp³-hybridized carbons (Fsp3) is 0.250. The van der Waals surface area contributed by atoms with Gasteiger partial charge >= 0.3 is 11.0 Å². The van der Waals surface area contributed by atoms with Crippen molar-refractivity contribution in [3.05, 3.63) is 52.2 Å². The topological polar surface area (TPSA) is 152 Å². The Kier molecular flexibility index (Phi) is 6.32. The van der Waals surface area contributed by atoms with Crippen molar-refractivity contribution < 1.29 is 24.4 Å². The number of carboxylic acid groups (broad SMARTS) is 1. The molecular formula is C16H16N4O6S. The molecule has 3 N–H and O–H groups in total. The lowest BCUT2D eigenvalue weighted by molar-refractivity contribution is -0.380. The first-order valence-corrected chi connectivity index (χ1v) is 8.54. The summed E-state index contributed by atoms with van der Waals surface area (Å²) in [6, 6.07) is 7.08. The van der Waals surface area contributed by atoms with Gasteiger partial charge in [-0.25, -0.2) is 9.78 Å². The quantitative estimate of drug-likeness (QED) is 0.251. The number of amides is 1. The van der Waals surface area contributed by atoms with Gasteiger partial charge in [-0.3, -0.25) is 25.5 Å². The van der Waals surface area contributed by atoms with Crippen LogP contribution in [0.5, 0.6) is 0 Å². The van der Waals surface area contributed by atoms with E-state index in [0.717, 1.165) is 6.20 Å². The molecule has 0 radical (unpaired) electrons. The maximum absolute atomic E-state index is 12.9. The van der Waals surface area contributed by atoms with Crippen molar-refractivity contribution in [1.82, 2.24) is 10.3 Å². The van der Waals surface area contributed by atoms with Crippen LogP contribution in [-0.4, -0.2) is 39.2 Å². The predicted octanol–water partition coefficient (Wildman–Crippen LogP) is 1.54. The Bertz CT molecular complexity index is 856. The first-order chi connectivity index (χ1) is 12.8. The van der Waals surface area contributed by atoms with E-state index in [1.54, 1.807) is 25.1 Å². The number of carbonyl (C=O) groups is 3. The van der Waals surface area contributed by atoms with Crippen LogP contribution in [0.25, 0.3) is 0 Å². The second-order valence-corrected chi connectivity index (χ2v) is 6.59. The van der Waals surface area contributed by atoms with Crippen molar-refractivity contribution in [3.8, 4) is 0 Å². The maximum atomic E-state index is 12.9. The molecule has 0 bridgehead atoms. The number of thiazole rings is 1. The number of carboxylic acids is 1. The van der Waals surface area contributed by atoms with Gasteiger partial charge in [-0.15, -0.1) is 0 Å². The summed E-state index contributed by atoms with van der Waals surface area (Å²) in [5.74, 6) is -2.47. The van der Waals surface area contributed by atoms with E-state index in [9.17, 15) is 29.6 Å². The molecule has 2 aromatic rings. The molecule has 1 aromatic carbocycles. The number of aldehydes is 1. The van der Waals surface area contributed by atoms with E-state index in [-0.39, 0.29) is 22.1 Å². The van der Waals surface area contributed by atoms with E-state index in [0.29, 0.717) is 17.6 Å². The number of nitro groups is 1. The molecule has 27 heavy (non-hydrogen) atoms. The molecule has 2 rings (SSSR count). The van der Waals surface area contributed by atoms with Crippen LogP contribution in [-0.2, 0) is 19.9 Å². The largest absolute Gasteiger partial charge is 0.479 e. The summed E-state index contributed by atoms with van der Waals surface area (Å²) in [5, 5.41) is 25.3. The van der Waals surface area contributed by atoms with Gasteiger partial charge in [-0.05, 0) is 23.8 Å². The zero-order valence-electron chi connectivity index (χ0n) is 14.1. The molecule has 0 saturated carbocycles. The first-order valence-electron chi connectivity index (χ1n) is 7.73. The molecule has 0 aliphatic rings. The highest BCUT2D eigenvalue weighted by Gasteiger charge is 2.49. The number of hydrogen-bond acceptors (Lipinski definition) is 8. The maximum Gasteiger partial charge on any atom is 0.345 e. The second-order valence-electron chi connectivity index (χ2n) is 5.58. The van der Waals surface area contributed by atoms with E-state index in [4.69, 9.17) is 0 Å². The number of benzene rings is 1. The fourth-order valence-electron chi connectivity index (χ4n) is 2.42. The van der Waals surface area contributed by atoms with Crippen LogP contribution < -0.4 is 10.6 Å². The van der Waals surface area contributed by atoms with Crippen LogP contribution in [0.3, 0.4) is 0 Å². The Hall–Kier alpha value is -3.18. The Labute approximate surface area is 157 Å². The van der Waals surface area contributed by atoms with Crippen molar-refractivity contribution in [3.63, 3.8) is 0 Å². The molecular weight excluding hydrogens is 376 g/mol. The SMILES string of the molecule is CC(CC=O)NC(C(=O)O)(C(=O)Nc1ncc([N+](=O)[O-])s1)c1ccccc1. The van der Waals surface area contributed by atoms with Gasteiger partial charge in [0.1, 0.15) is 12.5 Å². The molecule has 1 amide bonds. The van der Waals surface area contributed by atoms with E-state index in [2.05, 4.69) is 15.6 Å². The van der Waals surface area contributed by atoms with Gasteiger partial charge in [-0.2, -0.15) is 0 Å². The van der Waals surface area contributed by atoms with Crippen LogP contribution in [0.15, 0.2) is 36.5 Å². The molecule has 10 nitrogen and oxygen atoms in total. The van der Waals surface area contributed by atoms with Crippen molar-refractivity contribution in [2.24, 2.45) is 0 Å². The van der Waals surface area contributed by atoms with Crippen molar-refractivity contribution >= 4 is 39.6 Å². The normalized spacial score (nSPS) is 14.0. The van der Waals surface area contributed by atoms with Gasteiger partial charge in [0.05, 0.1) is 4.92 Å². The zero-order valence-corrected chi connectivity index (χ0v) is 14.9. The molecule has 11 heteroatoms. The van der Waals surface area contributed by atoms with E-state index < -0.39 is 28.4 Å². The minimum Gasteiger partial charge on any atom is -0.479 e. The van der Waals surface area contributed by atoms with Gasteiger partial charge in [0.15, 0.2) is 5.13 Å². The molecule has 1 aromatic heterocycles. The fourth-order valence-corrected chi connectivity index (χ4v) is 3.05. The minimum absolute atomic E-state index is 0.0160. The van der Waals surface area contributed by atoms with Gasteiger partial charge in [0, 0.05) is 12.5 Å². The van der Waals surface area contributed by atoms with Crippen molar-refractivity contribution in [1.29, 1.82) is 0 Å². The third-order valence-corrected chi connectivity index (χ3v) is 4.54. The third-order valence-electron chi connectivity index (χ3n) is 3.67. The van der Waals surface area contributed by atoms with E-state index in [1.807, 2.05) is 0 Å². The monoisotopic (exact) mass is 392 g/mol. The van der Waals surface area contributed by atoms with E-state index in [1.165, 1.54) is 12.1 Å². The molecule has 1 heterocycles. The number of carbonyl (C=O) groups excluding carboxylic acids is 2. The Balaban J connectivity index is 2.45. The minimum atomic E-state index is -2.22. The van der Waals surface area contributed by atoms with Crippen LogP contribution in [0.1, 0.15) is 18.9 Å². The van der Waals surface area contributed by atoms with Crippen LogP contribution in [0, 0.1) is 10.1 Å². The highest BCUT2D eigenvalue weighted by atomic mass is 32.1. The third kappa shape index (κ3) is 4.33. The lowest BCUT2D eigenvalue weighted by atomic mass is 9.87. The molecule has 0 fully saturated rings. The van der Waals surface area contributed by atoms with Crippen LogP contribution >= 0.6 is 11.3 Å². The molecule has 2 atom stereocenters. The Morgan fingerprint density at radius 2 is 2.07 bits per heavy atom. The molecule has 0 aliphatic heterocycles. The standard InChI is InChI=1S/C16H16N4O6S/c1-10(7-8-21)19-16(14(23)24,11-5-3-2-4-6-11)13(22)18-15-17-9-12(27-15)20(25)26/h2-6,8-10,19H,7H2,1H3,(H,23,24)(H,17,18,22). The van der Waals surface area contributed by atoms with Crippen molar-refractivity contribution in [2.75, 3.05) is 5.32 Å². The lowest BCUT2D eigenvalue weighted by Crippen LogP contribution is -2.60. The molecule has 142 valence electrons. The van der Waals surface area contributed by atoms with Gasteiger partial charge in [0.25, 0.3) is 5.91 Å². The summed E-state index contributed by atoms with van der Waals surface area (Å²) in [5.41, 5.74) is -2.08. The summed E-state index contributed by atoms with van der Waals surface area (Å²) in [4.78, 5) is 49.7. The highest BCUT2D eigenvalue weighted by molar-refractivity contribution is 7.18. The number of anilines is 1. The number of nitrogens with zero attached hydrogens (tertiary/aromatic N) is 2. The molecule has 0 spiro atoms. The average molecular weight is 392 g/mol. The Morgan fingerprint density at radius 3 is 2.59 bits per heavy atom. The predicted molar refractivity (Wildman–Crippen MR) is 96.4 cm³/mol. The van der Waals surface area contributed by atoms with E-state index >= 15 is 0 Å². The van der Waals surface area contributed by atoms with Gasteiger partial charge < -0.3 is 9.90 Å². The zero-order chi connectivity index (χ0) is 20.0. The molecule has 2 unspecified atom stereocenters. The highest BCUT2D eigenvalue weighted by Crippen LogP contribution is 2.29. The average Bonchev–Trinajstić information content (AvgIpc) is 3.09.